The van der Waals surface area contributed by atoms with Crippen LogP contribution in [0.2, 0.25) is 5.02 Å². The molecule has 1 N–H and O–H groups in total. The summed E-state index contributed by atoms with van der Waals surface area (Å²) >= 11 is 5.98. The van der Waals surface area contributed by atoms with Gasteiger partial charge in [0.05, 0.1) is 6.54 Å². The molecule has 3 rings (SSSR count). The van der Waals surface area contributed by atoms with E-state index in [2.05, 4.69) is 5.32 Å². The zero-order chi connectivity index (χ0) is 18.7. The van der Waals surface area contributed by atoms with Gasteiger partial charge in [0.15, 0.2) is 6.10 Å². The van der Waals surface area contributed by atoms with Gasteiger partial charge in [0.25, 0.3) is 5.91 Å². The quantitative estimate of drug-likeness (QED) is 0.876. The first-order chi connectivity index (χ1) is 12.5. The second kappa shape index (κ2) is 7.79. The second-order valence-electron chi connectivity index (χ2n) is 6.32. The fourth-order valence-electron chi connectivity index (χ4n) is 3.03. The van der Waals surface area contributed by atoms with E-state index in [9.17, 15) is 9.59 Å². The molecule has 1 heterocycles. The SMILES string of the molecule is CCc1ccccc1NC(=O)CN(C)C(=O)C1Cc2cc(Cl)ccc2O1. The van der Waals surface area contributed by atoms with Gasteiger partial charge < -0.3 is 15.0 Å². The number of halogens is 1. The van der Waals surface area contributed by atoms with Gasteiger partial charge in [-0.2, -0.15) is 0 Å². The number of fused-ring (bicyclic) bond motifs is 1. The molecule has 0 aromatic heterocycles. The Bertz CT molecular complexity index is 838. The molecule has 0 bridgehead atoms. The molecule has 0 radical (unpaired) electrons. The monoisotopic (exact) mass is 372 g/mol. The molecule has 1 aliphatic heterocycles. The predicted molar refractivity (Wildman–Crippen MR) is 102 cm³/mol. The molecule has 2 amide bonds. The zero-order valence-electron chi connectivity index (χ0n) is 14.8. The van der Waals surface area contributed by atoms with Gasteiger partial charge in [0, 0.05) is 24.2 Å². The first-order valence-corrected chi connectivity index (χ1v) is 8.93. The van der Waals surface area contributed by atoms with Gasteiger partial charge in [0.2, 0.25) is 5.91 Å². The average molecular weight is 373 g/mol. The Labute approximate surface area is 157 Å². The van der Waals surface area contributed by atoms with E-state index in [0.717, 1.165) is 23.2 Å². The van der Waals surface area contributed by atoms with E-state index in [1.807, 2.05) is 31.2 Å². The lowest BCUT2D eigenvalue weighted by molar-refractivity contribution is -0.139. The van der Waals surface area contributed by atoms with Crippen molar-refractivity contribution in [3.05, 3.63) is 58.6 Å². The van der Waals surface area contributed by atoms with E-state index >= 15 is 0 Å². The summed E-state index contributed by atoms with van der Waals surface area (Å²) in [6.45, 7) is 2.00. The van der Waals surface area contributed by atoms with E-state index in [4.69, 9.17) is 16.3 Å². The van der Waals surface area contributed by atoms with E-state index in [0.29, 0.717) is 17.2 Å². The van der Waals surface area contributed by atoms with E-state index in [1.165, 1.54) is 4.90 Å². The Morgan fingerprint density at radius 2 is 2.04 bits per heavy atom. The van der Waals surface area contributed by atoms with Crippen molar-refractivity contribution < 1.29 is 14.3 Å². The maximum Gasteiger partial charge on any atom is 0.264 e. The molecule has 1 atom stereocenters. The van der Waals surface area contributed by atoms with E-state index < -0.39 is 6.10 Å². The third kappa shape index (κ3) is 3.99. The maximum atomic E-state index is 12.6. The molecule has 2 aromatic carbocycles. The number of ether oxygens (including phenoxy) is 1. The third-order valence-electron chi connectivity index (χ3n) is 4.40. The number of para-hydroxylation sites is 1. The predicted octanol–water partition coefficient (Wildman–Crippen LogP) is 3.30. The minimum absolute atomic E-state index is 0.0339. The van der Waals surface area contributed by atoms with Gasteiger partial charge in [-0.3, -0.25) is 9.59 Å². The standard InChI is InChI=1S/C20H21ClN2O3/c1-3-13-6-4-5-7-16(13)22-19(24)12-23(2)20(25)18-11-14-10-15(21)8-9-17(14)26-18/h4-10,18H,3,11-12H2,1-2H3,(H,22,24). The number of nitrogens with zero attached hydrogens (tertiary/aromatic N) is 1. The summed E-state index contributed by atoms with van der Waals surface area (Å²) in [5.41, 5.74) is 2.74. The van der Waals surface area contributed by atoms with Gasteiger partial charge >= 0.3 is 0 Å². The summed E-state index contributed by atoms with van der Waals surface area (Å²) in [5, 5.41) is 3.48. The van der Waals surface area contributed by atoms with E-state index in [1.54, 1.807) is 25.2 Å². The first-order valence-electron chi connectivity index (χ1n) is 8.55. The molecule has 0 saturated heterocycles. The van der Waals surface area contributed by atoms with Crippen LogP contribution in [0.3, 0.4) is 0 Å². The van der Waals surface area contributed by atoms with Gasteiger partial charge in [0.1, 0.15) is 5.75 Å². The molecule has 0 fully saturated rings. The number of anilines is 1. The maximum absolute atomic E-state index is 12.6. The van der Waals surface area contributed by atoms with Gasteiger partial charge in [-0.15, -0.1) is 0 Å². The number of carbonyl (C=O) groups excluding carboxylic acids is 2. The Morgan fingerprint density at radius 1 is 1.27 bits per heavy atom. The number of benzene rings is 2. The molecule has 0 aliphatic carbocycles. The highest BCUT2D eigenvalue weighted by Gasteiger charge is 2.31. The highest BCUT2D eigenvalue weighted by atomic mass is 35.5. The van der Waals surface area contributed by atoms with Crippen LogP contribution in [-0.4, -0.2) is 36.4 Å². The fraction of sp³-hybridized carbons (Fsp3) is 0.300. The van der Waals surface area contributed by atoms with Gasteiger partial charge in [-0.05, 0) is 41.8 Å². The van der Waals surface area contributed by atoms with Crippen molar-refractivity contribution in [1.82, 2.24) is 4.90 Å². The number of hydrogen-bond acceptors (Lipinski definition) is 3. The molecule has 26 heavy (non-hydrogen) atoms. The molecule has 0 spiro atoms. The van der Waals surface area contributed by atoms with Crippen LogP contribution in [0.5, 0.6) is 5.75 Å². The lowest BCUT2D eigenvalue weighted by Crippen LogP contribution is -2.42. The van der Waals surface area contributed by atoms with Crippen LogP contribution >= 0.6 is 11.6 Å². The number of nitrogens with one attached hydrogen (secondary N) is 1. The molecular formula is C20H21ClN2O3. The molecule has 1 unspecified atom stereocenters. The topological polar surface area (TPSA) is 58.6 Å². The number of aryl methyl sites for hydroxylation is 1. The van der Waals surface area contributed by atoms with Gasteiger partial charge in [-0.1, -0.05) is 36.7 Å². The molecule has 2 aromatic rings. The van der Waals surface area contributed by atoms with Crippen molar-refractivity contribution in [1.29, 1.82) is 0 Å². The van der Waals surface area contributed by atoms with E-state index in [-0.39, 0.29) is 18.4 Å². The van der Waals surface area contributed by atoms with Crippen molar-refractivity contribution >= 4 is 29.1 Å². The molecule has 6 heteroatoms. The summed E-state index contributed by atoms with van der Waals surface area (Å²) in [7, 11) is 1.60. The van der Waals surface area contributed by atoms with Crippen LogP contribution in [0.15, 0.2) is 42.5 Å². The second-order valence-corrected chi connectivity index (χ2v) is 6.75. The normalized spacial score (nSPS) is 15.1. The summed E-state index contributed by atoms with van der Waals surface area (Å²) in [5.74, 6) is 0.207. The Balaban J connectivity index is 1.59. The van der Waals surface area contributed by atoms with Crippen molar-refractivity contribution in [3.63, 3.8) is 0 Å². The highest BCUT2D eigenvalue weighted by Crippen LogP contribution is 2.31. The molecule has 0 saturated carbocycles. The van der Waals surface area contributed by atoms with Crippen LogP contribution in [0, 0.1) is 0 Å². The van der Waals surface area contributed by atoms with Crippen molar-refractivity contribution in [2.45, 2.75) is 25.9 Å². The molecule has 136 valence electrons. The molecular weight excluding hydrogens is 352 g/mol. The number of carbonyl (C=O) groups is 2. The van der Waals surface area contributed by atoms with Crippen LogP contribution in [-0.2, 0) is 22.4 Å². The number of rotatable bonds is 5. The largest absolute Gasteiger partial charge is 0.480 e. The van der Waals surface area contributed by atoms with Crippen molar-refractivity contribution in [2.75, 3.05) is 18.9 Å². The summed E-state index contributed by atoms with van der Waals surface area (Å²) in [4.78, 5) is 26.3. The van der Waals surface area contributed by atoms with Crippen LogP contribution in [0.25, 0.3) is 0 Å². The Morgan fingerprint density at radius 3 is 2.81 bits per heavy atom. The van der Waals surface area contributed by atoms with Crippen molar-refractivity contribution in [3.8, 4) is 5.75 Å². The lowest BCUT2D eigenvalue weighted by Gasteiger charge is -2.20. The minimum atomic E-state index is -0.621. The van der Waals surface area contributed by atoms with Crippen LogP contribution in [0.1, 0.15) is 18.1 Å². The zero-order valence-corrected chi connectivity index (χ0v) is 15.5. The fourth-order valence-corrected chi connectivity index (χ4v) is 3.23. The summed E-state index contributed by atoms with van der Waals surface area (Å²) in [6, 6.07) is 12.9. The van der Waals surface area contributed by atoms with Gasteiger partial charge in [-0.25, -0.2) is 0 Å². The molecule has 1 aliphatic rings. The average Bonchev–Trinajstić information content (AvgIpc) is 3.04. The lowest BCUT2D eigenvalue weighted by atomic mass is 10.1. The minimum Gasteiger partial charge on any atom is -0.480 e. The Kier molecular flexibility index (Phi) is 5.47. The van der Waals surface area contributed by atoms with Crippen molar-refractivity contribution in [2.24, 2.45) is 0 Å². The summed E-state index contributed by atoms with van der Waals surface area (Å²) < 4.78 is 5.70. The molecule has 5 nitrogen and oxygen atoms in total. The number of likely N-dealkylation sites (N-methyl/N-ethyl adjacent to an activating group) is 1. The Hall–Kier alpha value is -2.53. The first kappa shape index (κ1) is 18.3. The third-order valence-corrected chi connectivity index (χ3v) is 4.64. The summed E-state index contributed by atoms with van der Waals surface area (Å²) in [6.07, 6.45) is 0.658. The number of amides is 2. The smallest absolute Gasteiger partial charge is 0.264 e. The van der Waals surface area contributed by atoms with Crippen LogP contribution < -0.4 is 10.1 Å². The highest BCUT2D eigenvalue weighted by molar-refractivity contribution is 6.30. The number of hydrogen-bond donors (Lipinski definition) is 1. The van der Waals surface area contributed by atoms with Crippen LogP contribution in [0.4, 0.5) is 5.69 Å².